The molecular formula is C10H20N4O. The summed E-state index contributed by atoms with van der Waals surface area (Å²) in [5.74, 6) is 0.661. The van der Waals surface area contributed by atoms with Crippen molar-refractivity contribution in [1.82, 2.24) is 10.1 Å². The highest BCUT2D eigenvalue weighted by Crippen LogP contribution is 2.19. The molecule has 5 nitrogen and oxygen atoms in total. The predicted molar refractivity (Wildman–Crippen MR) is 59.8 cm³/mol. The van der Waals surface area contributed by atoms with E-state index in [0.717, 1.165) is 13.1 Å². The van der Waals surface area contributed by atoms with E-state index in [9.17, 15) is 0 Å². The normalized spacial score (nSPS) is 11.8. The third-order valence-corrected chi connectivity index (χ3v) is 2.34. The monoisotopic (exact) mass is 212 g/mol. The average Bonchev–Trinajstić information content (AvgIpc) is 2.61. The molecule has 0 spiro atoms. The minimum Gasteiger partial charge on any atom is -0.330 e. The summed E-state index contributed by atoms with van der Waals surface area (Å²) in [4.78, 5) is 6.26. The lowest BCUT2D eigenvalue weighted by atomic mass is 9.93. The Labute approximate surface area is 90.6 Å². The first-order chi connectivity index (χ1) is 6.98. The topological polar surface area (TPSA) is 68.2 Å². The Kier molecular flexibility index (Phi) is 3.68. The molecule has 0 radical (unpaired) electrons. The number of nitrogens with zero attached hydrogens (tertiary/aromatic N) is 3. The van der Waals surface area contributed by atoms with Crippen molar-refractivity contribution in [2.24, 2.45) is 11.1 Å². The zero-order chi connectivity index (χ0) is 11.5. The first kappa shape index (κ1) is 12.0. The van der Waals surface area contributed by atoms with Crippen LogP contribution in [-0.4, -0.2) is 29.8 Å². The molecule has 15 heavy (non-hydrogen) atoms. The summed E-state index contributed by atoms with van der Waals surface area (Å²) < 4.78 is 5.13. The predicted octanol–water partition coefficient (Wildman–Crippen LogP) is 1.19. The summed E-state index contributed by atoms with van der Waals surface area (Å²) >= 11 is 0. The summed E-state index contributed by atoms with van der Waals surface area (Å²) in [5, 5.41) is 3.78. The lowest BCUT2D eigenvalue weighted by Crippen LogP contribution is -2.39. The van der Waals surface area contributed by atoms with Crippen LogP contribution in [0.2, 0.25) is 0 Å². The fourth-order valence-corrected chi connectivity index (χ4v) is 1.31. The molecule has 0 aliphatic carbocycles. The highest BCUT2D eigenvalue weighted by molar-refractivity contribution is 5.24. The molecule has 2 N–H and O–H groups in total. The minimum absolute atomic E-state index is 0.0540. The smallest absolute Gasteiger partial charge is 0.324 e. The van der Waals surface area contributed by atoms with Gasteiger partial charge in [-0.25, -0.2) is 0 Å². The lowest BCUT2D eigenvalue weighted by Gasteiger charge is -2.29. The highest BCUT2D eigenvalue weighted by Gasteiger charge is 2.22. The lowest BCUT2D eigenvalue weighted by molar-refractivity contribution is 0.351. The van der Waals surface area contributed by atoms with Crippen LogP contribution in [0.3, 0.4) is 0 Å². The van der Waals surface area contributed by atoms with Crippen LogP contribution in [0.5, 0.6) is 0 Å². The quantitative estimate of drug-likeness (QED) is 0.794. The van der Waals surface area contributed by atoms with Crippen molar-refractivity contribution in [2.45, 2.75) is 27.7 Å². The van der Waals surface area contributed by atoms with Gasteiger partial charge in [-0.1, -0.05) is 19.0 Å². The fraction of sp³-hybridized carbons (Fsp3) is 0.800. The molecule has 0 aliphatic heterocycles. The number of anilines is 1. The zero-order valence-electron chi connectivity index (χ0n) is 9.95. The van der Waals surface area contributed by atoms with Crippen LogP contribution in [0.15, 0.2) is 4.52 Å². The number of aromatic nitrogens is 2. The molecule has 0 bridgehead atoms. The molecule has 1 aromatic rings. The second kappa shape index (κ2) is 4.61. The van der Waals surface area contributed by atoms with E-state index in [1.807, 2.05) is 11.8 Å². The van der Waals surface area contributed by atoms with Crippen LogP contribution in [0.1, 0.15) is 26.6 Å². The van der Waals surface area contributed by atoms with Gasteiger partial charge in [-0.05, 0) is 25.8 Å². The zero-order valence-corrected chi connectivity index (χ0v) is 9.95. The maximum Gasteiger partial charge on any atom is 0.324 e. The van der Waals surface area contributed by atoms with Gasteiger partial charge < -0.3 is 15.2 Å². The highest BCUT2D eigenvalue weighted by atomic mass is 16.5. The Hall–Kier alpha value is -1.10. The van der Waals surface area contributed by atoms with Crippen LogP contribution < -0.4 is 10.6 Å². The van der Waals surface area contributed by atoms with Crippen molar-refractivity contribution in [3.05, 3.63) is 5.82 Å². The summed E-state index contributed by atoms with van der Waals surface area (Å²) in [6, 6.07) is 0.580. The molecule has 1 aromatic heterocycles. The number of hydrogen-bond acceptors (Lipinski definition) is 5. The third kappa shape index (κ3) is 3.20. The summed E-state index contributed by atoms with van der Waals surface area (Å²) in [5.41, 5.74) is 5.75. The Balaban J connectivity index is 2.72. The van der Waals surface area contributed by atoms with Gasteiger partial charge in [0.05, 0.1) is 0 Å². The van der Waals surface area contributed by atoms with Gasteiger partial charge in [0.25, 0.3) is 0 Å². The number of rotatable bonds is 5. The van der Waals surface area contributed by atoms with E-state index in [-0.39, 0.29) is 5.41 Å². The van der Waals surface area contributed by atoms with Crippen molar-refractivity contribution in [3.8, 4) is 0 Å². The average molecular weight is 212 g/mol. The number of aryl methyl sites for hydroxylation is 1. The van der Waals surface area contributed by atoms with Crippen LogP contribution in [0, 0.1) is 12.3 Å². The summed E-state index contributed by atoms with van der Waals surface area (Å²) in [6.07, 6.45) is 0. The molecule has 1 rings (SSSR count). The van der Waals surface area contributed by atoms with E-state index in [4.69, 9.17) is 10.3 Å². The maximum atomic E-state index is 5.70. The Morgan fingerprint density at radius 1 is 1.47 bits per heavy atom. The van der Waals surface area contributed by atoms with Crippen molar-refractivity contribution >= 4 is 6.01 Å². The molecule has 0 fully saturated rings. The standard InChI is InChI=1S/C10H20N4O/c1-5-14(7-10(3,4)6-11)9-12-8(2)13-15-9/h5-7,11H2,1-4H3. The van der Waals surface area contributed by atoms with Crippen LogP contribution in [-0.2, 0) is 0 Å². The van der Waals surface area contributed by atoms with Gasteiger partial charge in [0.1, 0.15) is 0 Å². The van der Waals surface area contributed by atoms with E-state index in [1.165, 1.54) is 0 Å². The van der Waals surface area contributed by atoms with Gasteiger partial charge in [0.2, 0.25) is 0 Å². The molecule has 0 atom stereocenters. The maximum absolute atomic E-state index is 5.70. The second-order valence-electron chi connectivity index (χ2n) is 4.51. The van der Waals surface area contributed by atoms with Crippen molar-refractivity contribution < 1.29 is 4.52 Å². The molecule has 0 amide bonds. The van der Waals surface area contributed by atoms with E-state index in [1.54, 1.807) is 0 Å². The van der Waals surface area contributed by atoms with Crippen molar-refractivity contribution in [1.29, 1.82) is 0 Å². The van der Waals surface area contributed by atoms with Gasteiger partial charge in [-0.2, -0.15) is 4.98 Å². The Bertz CT molecular complexity index is 308. The molecule has 0 aromatic carbocycles. The van der Waals surface area contributed by atoms with Crippen molar-refractivity contribution in [2.75, 3.05) is 24.5 Å². The Morgan fingerprint density at radius 3 is 2.53 bits per heavy atom. The first-order valence-corrected chi connectivity index (χ1v) is 5.24. The van der Waals surface area contributed by atoms with Gasteiger partial charge in [-0.3, -0.25) is 0 Å². The van der Waals surface area contributed by atoms with E-state index < -0.39 is 0 Å². The Morgan fingerprint density at radius 2 is 2.13 bits per heavy atom. The van der Waals surface area contributed by atoms with Crippen molar-refractivity contribution in [3.63, 3.8) is 0 Å². The largest absolute Gasteiger partial charge is 0.330 e. The van der Waals surface area contributed by atoms with Crippen LogP contribution in [0.4, 0.5) is 6.01 Å². The van der Waals surface area contributed by atoms with Gasteiger partial charge >= 0.3 is 6.01 Å². The molecule has 0 aliphatic rings. The molecule has 86 valence electrons. The van der Waals surface area contributed by atoms with Crippen LogP contribution in [0.25, 0.3) is 0 Å². The molecular weight excluding hydrogens is 192 g/mol. The second-order valence-corrected chi connectivity index (χ2v) is 4.51. The molecule has 5 heteroatoms. The molecule has 0 unspecified atom stereocenters. The van der Waals surface area contributed by atoms with Crippen LogP contribution >= 0.6 is 0 Å². The van der Waals surface area contributed by atoms with Gasteiger partial charge in [-0.15, -0.1) is 0 Å². The fourth-order valence-electron chi connectivity index (χ4n) is 1.31. The van der Waals surface area contributed by atoms with E-state index in [2.05, 4.69) is 30.9 Å². The van der Waals surface area contributed by atoms with E-state index >= 15 is 0 Å². The van der Waals surface area contributed by atoms with Gasteiger partial charge in [0.15, 0.2) is 5.82 Å². The summed E-state index contributed by atoms with van der Waals surface area (Å²) in [6.45, 7) is 10.4. The third-order valence-electron chi connectivity index (χ3n) is 2.34. The van der Waals surface area contributed by atoms with E-state index in [0.29, 0.717) is 18.4 Å². The molecule has 0 saturated carbocycles. The summed E-state index contributed by atoms with van der Waals surface area (Å²) in [7, 11) is 0. The molecule has 1 heterocycles. The first-order valence-electron chi connectivity index (χ1n) is 5.24. The minimum atomic E-state index is 0.0540. The number of hydrogen-bond donors (Lipinski definition) is 1. The van der Waals surface area contributed by atoms with Gasteiger partial charge in [0, 0.05) is 13.1 Å². The number of nitrogens with two attached hydrogens (primary N) is 1. The SMILES string of the molecule is CCN(CC(C)(C)CN)c1nc(C)no1. The molecule has 0 saturated heterocycles.